The highest BCUT2D eigenvalue weighted by Gasteiger charge is 2.47. The number of aliphatic hydroxyl groups is 2. The number of aromatic hydroxyl groups is 1. The van der Waals surface area contributed by atoms with Crippen molar-refractivity contribution in [1.29, 1.82) is 0 Å². The molecule has 1 saturated heterocycles. The molecule has 1 aliphatic heterocycles. The number of esters is 1. The SMILES string of the molecule is CC(=O)O[C@@H]1C(C)O[C@@H](Oc2c(C)c3c4c(c2O)[C@@H](C)CC[C@@H]4[C@@H](C)C[C@H]3C=C(C)C)C(O)C1O. The molecule has 3 aliphatic rings. The smallest absolute Gasteiger partial charge is 0.303 e. The lowest BCUT2D eigenvalue weighted by atomic mass is 9.62. The molecule has 0 aromatic heterocycles. The molecule has 1 heterocycles. The Morgan fingerprint density at radius 1 is 1.03 bits per heavy atom. The Hall–Kier alpha value is -2.09. The number of allylic oxidation sites excluding steroid dienone is 2. The topological polar surface area (TPSA) is 105 Å². The molecule has 1 aromatic rings. The minimum Gasteiger partial charge on any atom is -0.504 e. The van der Waals surface area contributed by atoms with Gasteiger partial charge in [-0.3, -0.25) is 4.79 Å². The van der Waals surface area contributed by atoms with Crippen molar-refractivity contribution in [3.63, 3.8) is 0 Å². The minimum absolute atomic E-state index is 0.101. The molecule has 7 nitrogen and oxygen atoms in total. The van der Waals surface area contributed by atoms with Gasteiger partial charge in [-0.2, -0.15) is 0 Å². The fraction of sp³-hybridized carbons (Fsp3) is 0.679. The Balaban J connectivity index is 1.78. The number of rotatable bonds is 4. The fourth-order valence-corrected chi connectivity index (χ4v) is 6.51. The van der Waals surface area contributed by atoms with Gasteiger partial charge in [0.1, 0.15) is 12.2 Å². The van der Waals surface area contributed by atoms with Crippen LogP contribution in [0.3, 0.4) is 0 Å². The van der Waals surface area contributed by atoms with Gasteiger partial charge in [-0.1, -0.05) is 25.5 Å². The van der Waals surface area contributed by atoms with Gasteiger partial charge < -0.3 is 29.5 Å². The van der Waals surface area contributed by atoms with Gasteiger partial charge in [0.25, 0.3) is 0 Å². The maximum atomic E-state index is 11.5. The van der Waals surface area contributed by atoms with Crippen molar-refractivity contribution in [1.82, 2.24) is 0 Å². The van der Waals surface area contributed by atoms with E-state index in [4.69, 9.17) is 14.2 Å². The van der Waals surface area contributed by atoms with E-state index in [-0.39, 0.29) is 17.6 Å². The van der Waals surface area contributed by atoms with Crippen LogP contribution in [0.4, 0.5) is 0 Å². The molecule has 3 N–H and O–H groups in total. The molecule has 0 radical (unpaired) electrons. The number of hydrogen-bond donors (Lipinski definition) is 3. The molecule has 0 amide bonds. The van der Waals surface area contributed by atoms with Crippen molar-refractivity contribution in [2.45, 2.75) is 116 Å². The van der Waals surface area contributed by atoms with Gasteiger partial charge in [0.15, 0.2) is 17.6 Å². The predicted molar refractivity (Wildman–Crippen MR) is 132 cm³/mol. The lowest BCUT2D eigenvalue weighted by Gasteiger charge is -2.44. The quantitative estimate of drug-likeness (QED) is 0.422. The predicted octanol–water partition coefficient (Wildman–Crippen LogP) is 4.55. The molecular formula is C28H40O7. The number of aliphatic hydroxyl groups excluding tert-OH is 2. The second kappa shape index (κ2) is 9.75. The first kappa shape index (κ1) is 26.0. The third-order valence-electron chi connectivity index (χ3n) is 8.10. The normalized spacial score (nSPS) is 36.2. The summed E-state index contributed by atoms with van der Waals surface area (Å²) in [5.41, 5.74) is 5.50. The monoisotopic (exact) mass is 488 g/mol. The van der Waals surface area contributed by atoms with Gasteiger partial charge in [-0.25, -0.2) is 0 Å². The first-order valence-electron chi connectivity index (χ1n) is 12.8. The number of hydrogen-bond acceptors (Lipinski definition) is 7. The van der Waals surface area contributed by atoms with Crippen LogP contribution in [-0.4, -0.2) is 52.0 Å². The molecule has 0 spiro atoms. The maximum Gasteiger partial charge on any atom is 0.303 e. The second-order valence-electron chi connectivity index (χ2n) is 11.1. The summed E-state index contributed by atoms with van der Waals surface area (Å²) in [6.45, 7) is 13.5. The summed E-state index contributed by atoms with van der Waals surface area (Å²) in [7, 11) is 0. The van der Waals surface area contributed by atoms with Crippen LogP contribution in [-0.2, 0) is 14.3 Å². The molecule has 1 aromatic carbocycles. The van der Waals surface area contributed by atoms with E-state index in [1.54, 1.807) is 6.92 Å². The number of benzene rings is 1. The Morgan fingerprint density at radius 3 is 2.34 bits per heavy atom. The average molecular weight is 489 g/mol. The zero-order valence-electron chi connectivity index (χ0n) is 21.9. The molecule has 7 heteroatoms. The fourth-order valence-electron chi connectivity index (χ4n) is 6.51. The lowest BCUT2D eigenvalue weighted by Crippen LogP contribution is -2.59. The highest BCUT2D eigenvalue weighted by Crippen LogP contribution is 2.58. The first-order chi connectivity index (χ1) is 16.4. The molecule has 1 fully saturated rings. The van der Waals surface area contributed by atoms with Crippen molar-refractivity contribution < 1.29 is 34.3 Å². The zero-order chi connectivity index (χ0) is 25.8. The highest BCUT2D eigenvalue weighted by molar-refractivity contribution is 5.66. The van der Waals surface area contributed by atoms with Crippen molar-refractivity contribution in [2.24, 2.45) is 5.92 Å². The van der Waals surface area contributed by atoms with Crippen molar-refractivity contribution in [2.75, 3.05) is 0 Å². The highest BCUT2D eigenvalue weighted by atomic mass is 16.7. The van der Waals surface area contributed by atoms with E-state index < -0.39 is 36.7 Å². The Kier molecular flexibility index (Phi) is 7.24. The van der Waals surface area contributed by atoms with Crippen molar-refractivity contribution in [3.8, 4) is 11.5 Å². The molecule has 2 aliphatic carbocycles. The summed E-state index contributed by atoms with van der Waals surface area (Å²) in [5.74, 6) is 1.13. The minimum atomic E-state index is -1.46. The average Bonchev–Trinajstić information content (AvgIpc) is 2.76. The number of carbonyl (C=O) groups is 1. The van der Waals surface area contributed by atoms with Crippen LogP contribution >= 0.6 is 0 Å². The van der Waals surface area contributed by atoms with Crippen LogP contribution in [0, 0.1) is 12.8 Å². The van der Waals surface area contributed by atoms with Crippen molar-refractivity contribution >= 4 is 5.97 Å². The Bertz CT molecular complexity index is 1010. The van der Waals surface area contributed by atoms with E-state index >= 15 is 0 Å². The summed E-state index contributed by atoms with van der Waals surface area (Å²) < 4.78 is 17.2. The second-order valence-corrected chi connectivity index (χ2v) is 11.1. The van der Waals surface area contributed by atoms with E-state index in [1.807, 2.05) is 6.92 Å². The zero-order valence-corrected chi connectivity index (χ0v) is 21.9. The van der Waals surface area contributed by atoms with E-state index in [0.717, 1.165) is 30.4 Å². The van der Waals surface area contributed by atoms with E-state index in [2.05, 4.69) is 33.8 Å². The molecule has 0 bridgehead atoms. The van der Waals surface area contributed by atoms with Gasteiger partial charge >= 0.3 is 5.97 Å². The lowest BCUT2D eigenvalue weighted by molar-refractivity contribution is -0.272. The van der Waals surface area contributed by atoms with Crippen LogP contribution in [0.15, 0.2) is 11.6 Å². The first-order valence-corrected chi connectivity index (χ1v) is 12.8. The molecular weight excluding hydrogens is 448 g/mol. The van der Waals surface area contributed by atoms with E-state index in [9.17, 15) is 20.1 Å². The largest absolute Gasteiger partial charge is 0.504 e. The molecule has 0 saturated carbocycles. The van der Waals surface area contributed by atoms with Crippen LogP contribution < -0.4 is 4.74 Å². The number of ether oxygens (including phenoxy) is 3. The molecule has 194 valence electrons. The van der Waals surface area contributed by atoms with Gasteiger partial charge in [0, 0.05) is 18.4 Å². The Labute approximate surface area is 208 Å². The summed E-state index contributed by atoms with van der Waals surface area (Å²) in [6, 6.07) is 0. The summed E-state index contributed by atoms with van der Waals surface area (Å²) in [5, 5.41) is 32.9. The van der Waals surface area contributed by atoms with Gasteiger partial charge in [0.05, 0.1) is 6.10 Å². The summed E-state index contributed by atoms with van der Waals surface area (Å²) in [6.07, 6.45) is -0.340. The van der Waals surface area contributed by atoms with E-state index in [0.29, 0.717) is 17.6 Å². The number of carbonyl (C=O) groups excluding carboxylic acids is 1. The Morgan fingerprint density at radius 2 is 1.71 bits per heavy atom. The van der Waals surface area contributed by atoms with Gasteiger partial charge in [-0.05, 0) is 81.4 Å². The number of phenolic OH excluding ortho intramolecular Hbond substituents is 1. The van der Waals surface area contributed by atoms with Crippen LogP contribution in [0.25, 0.3) is 0 Å². The van der Waals surface area contributed by atoms with Crippen LogP contribution in [0.5, 0.6) is 11.5 Å². The summed E-state index contributed by atoms with van der Waals surface area (Å²) in [4.78, 5) is 11.4. The number of phenols is 1. The van der Waals surface area contributed by atoms with Crippen LogP contribution in [0.2, 0.25) is 0 Å². The molecule has 35 heavy (non-hydrogen) atoms. The van der Waals surface area contributed by atoms with Crippen molar-refractivity contribution in [3.05, 3.63) is 33.9 Å². The summed E-state index contributed by atoms with van der Waals surface area (Å²) >= 11 is 0. The van der Waals surface area contributed by atoms with Crippen LogP contribution in [0.1, 0.15) is 101 Å². The third-order valence-corrected chi connectivity index (χ3v) is 8.10. The maximum absolute atomic E-state index is 11.5. The van der Waals surface area contributed by atoms with Gasteiger partial charge in [-0.15, -0.1) is 0 Å². The molecule has 9 atom stereocenters. The standard InChI is InChI=1S/C28H40O7/c1-12(2)10-18-11-14(4)19-9-8-13(3)20-22(19)21(18)15(5)26(23(20)30)35-28-25(32)24(31)27(16(6)33-28)34-17(7)29/h10,13-14,16,18-19,24-25,27-28,30-32H,8-9,11H2,1-7H3/t13-,14-,16?,18+,19+,24?,25?,27+,28-/m0/s1. The van der Waals surface area contributed by atoms with E-state index in [1.165, 1.54) is 23.6 Å². The third kappa shape index (κ3) is 4.58. The molecule has 3 unspecified atom stereocenters. The molecule has 4 rings (SSSR count). The van der Waals surface area contributed by atoms with Gasteiger partial charge in [0.2, 0.25) is 6.29 Å².